The quantitative estimate of drug-likeness (QED) is 0.626. The Bertz CT molecular complexity index is 978. The van der Waals surface area contributed by atoms with Crippen molar-refractivity contribution in [2.45, 2.75) is 26.9 Å². The molecule has 140 valence electrons. The maximum absolute atomic E-state index is 12.6. The van der Waals surface area contributed by atoms with Crippen LogP contribution in [0.4, 0.5) is 11.4 Å². The number of hydrogen-bond donors (Lipinski definition) is 2. The molecule has 0 unspecified atom stereocenters. The molecule has 27 heavy (non-hydrogen) atoms. The number of aromatic nitrogens is 4. The van der Waals surface area contributed by atoms with Crippen molar-refractivity contribution >= 4 is 39.1 Å². The van der Waals surface area contributed by atoms with E-state index in [0.717, 1.165) is 0 Å². The lowest BCUT2D eigenvalue weighted by Crippen LogP contribution is -2.19. The highest BCUT2D eigenvalue weighted by Crippen LogP contribution is 2.20. The highest BCUT2D eigenvalue weighted by Gasteiger charge is 2.17. The van der Waals surface area contributed by atoms with Gasteiger partial charge in [-0.05, 0) is 54.0 Å². The zero-order chi connectivity index (χ0) is 19.4. The topological polar surface area (TPSA) is 93.8 Å². The van der Waals surface area contributed by atoms with E-state index in [4.69, 9.17) is 0 Å². The van der Waals surface area contributed by atoms with Gasteiger partial charge in [0.1, 0.15) is 11.4 Å². The molecule has 9 heteroatoms. The van der Waals surface area contributed by atoms with Gasteiger partial charge in [0, 0.05) is 30.7 Å². The normalized spacial score (nSPS) is 10.6. The standard InChI is InChI=1S/C18H19BrN6O2/c1-3-24-15(8-9-20-24)17(26)22-12-6-5-7-13(10-12)23-18(27)16-14(19)11-21-25(16)4-2/h5-11H,3-4H2,1-2H3,(H,22,26)(H,23,27). The van der Waals surface area contributed by atoms with Crippen LogP contribution in [0.25, 0.3) is 0 Å². The average molecular weight is 431 g/mol. The van der Waals surface area contributed by atoms with Gasteiger partial charge in [-0.25, -0.2) is 0 Å². The zero-order valence-electron chi connectivity index (χ0n) is 14.9. The van der Waals surface area contributed by atoms with Crippen molar-refractivity contribution < 1.29 is 9.59 Å². The first-order chi connectivity index (χ1) is 13.0. The number of halogens is 1. The smallest absolute Gasteiger partial charge is 0.275 e. The summed E-state index contributed by atoms with van der Waals surface area (Å²) in [6.45, 7) is 5.01. The van der Waals surface area contributed by atoms with Gasteiger partial charge in [0.15, 0.2) is 0 Å². The second kappa shape index (κ2) is 8.17. The fourth-order valence-corrected chi connectivity index (χ4v) is 3.14. The molecule has 2 aromatic heterocycles. The van der Waals surface area contributed by atoms with Crippen molar-refractivity contribution in [1.29, 1.82) is 0 Å². The van der Waals surface area contributed by atoms with Gasteiger partial charge in [-0.2, -0.15) is 10.2 Å². The highest BCUT2D eigenvalue weighted by molar-refractivity contribution is 9.10. The Morgan fingerprint density at radius 1 is 1.00 bits per heavy atom. The summed E-state index contributed by atoms with van der Waals surface area (Å²) in [5.74, 6) is -0.543. The number of rotatable bonds is 6. The first-order valence-electron chi connectivity index (χ1n) is 8.49. The minimum atomic E-state index is -0.284. The number of carbonyl (C=O) groups excluding carboxylic acids is 2. The van der Waals surface area contributed by atoms with Crippen LogP contribution in [-0.2, 0) is 13.1 Å². The second-order valence-corrected chi connectivity index (χ2v) is 6.53. The summed E-state index contributed by atoms with van der Waals surface area (Å²) < 4.78 is 3.85. The number of hydrogen-bond acceptors (Lipinski definition) is 4. The summed E-state index contributed by atoms with van der Waals surface area (Å²) in [6, 6.07) is 8.63. The van der Waals surface area contributed by atoms with Crippen molar-refractivity contribution in [2.75, 3.05) is 10.6 Å². The van der Waals surface area contributed by atoms with Crippen molar-refractivity contribution in [1.82, 2.24) is 19.6 Å². The number of aryl methyl sites for hydroxylation is 2. The van der Waals surface area contributed by atoms with E-state index in [1.54, 1.807) is 52.1 Å². The van der Waals surface area contributed by atoms with E-state index in [1.807, 2.05) is 13.8 Å². The van der Waals surface area contributed by atoms with E-state index in [0.29, 0.717) is 40.3 Å². The summed E-state index contributed by atoms with van der Waals surface area (Å²) in [5, 5.41) is 13.9. The van der Waals surface area contributed by atoms with Crippen LogP contribution in [0.2, 0.25) is 0 Å². The van der Waals surface area contributed by atoms with Crippen LogP contribution in [0.1, 0.15) is 34.8 Å². The number of nitrogens with zero attached hydrogens (tertiary/aromatic N) is 4. The zero-order valence-corrected chi connectivity index (χ0v) is 16.5. The molecule has 2 heterocycles. The van der Waals surface area contributed by atoms with Gasteiger partial charge in [-0.15, -0.1) is 0 Å². The van der Waals surface area contributed by atoms with Crippen LogP contribution in [0.15, 0.2) is 47.2 Å². The van der Waals surface area contributed by atoms with E-state index < -0.39 is 0 Å². The van der Waals surface area contributed by atoms with Gasteiger partial charge >= 0.3 is 0 Å². The molecule has 0 bridgehead atoms. The number of nitrogens with one attached hydrogen (secondary N) is 2. The lowest BCUT2D eigenvalue weighted by atomic mass is 10.2. The van der Waals surface area contributed by atoms with Crippen LogP contribution < -0.4 is 10.6 Å². The van der Waals surface area contributed by atoms with Gasteiger partial charge < -0.3 is 10.6 Å². The van der Waals surface area contributed by atoms with E-state index in [-0.39, 0.29) is 11.8 Å². The van der Waals surface area contributed by atoms with Crippen LogP contribution in [0.5, 0.6) is 0 Å². The molecule has 0 spiro atoms. The van der Waals surface area contributed by atoms with Gasteiger partial charge in [-0.3, -0.25) is 19.0 Å². The third-order valence-corrected chi connectivity index (χ3v) is 4.52. The van der Waals surface area contributed by atoms with Crippen LogP contribution in [0, 0.1) is 0 Å². The summed E-state index contributed by atoms with van der Waals surface area (Å²) in [5.41, 5.74) is 2.06. The molecular formula is C18H19BrN6O2. The first kappa shape index (κ1) is 18.8. The fourth-order valence-electron chi connectivity index (χ4n) is 2.67. The van der Waals surface area contributed by atoms with Crippen LogP contribution >= 0.6 is 15.9 Å². The highest BCUT2D eigenvalue weighted by atomic mass is 79.9. The predicted octanol–water partition coefficient (Wildman–Crippen LogP) is 3.39. The Morgan fingerprint density at radius 3 is 2.33 bits per heavy atom. The molecule has 1 aromatic carbocycles. The molecule has 0 aliphatic carbocycles. The molecule has 0 aliphatic rings. The predicted molar refractivity (Wildman–Crippen MR) is 106 cm³/mol. The van der Waals surface area contributed by atoms with Crippen molar-refractivity contribution in [3.05, 3.63) is 58.6 Å². The lowest BCUT2D eigenvalue weighted by molar-refractivity contribution is 0.100. The number of amides is 2. The van der Waals surface area contributed by atoms with E-state index in [9.17, 15) is 9.59 Å². The first-order valence-corrected chi connectivity index (χ1v) is 9.28. The molecular weight excluding hydrogens is 412 g/mol. The number of anilines is 2. The van der Waals surface area contributed by atoms with Crippen molar-refractivity contribution in [2.24, 2.45) is 0 Å². The summed E-state index contributed by atoms with van der Waals surface area (Å²) in [6.07, 6.45) is 3.18. The molecule has 0 fully saturated rings. The molecule has 2 N–H and O–H groups in total. The van der Waals surface area contributed by atoms with E-state index in [2.05, 4.69) is 36.8 Å². The molecule has 0 atom stereocenters. The third-order valence-electron chi connectivity index (χ3n) is 3.94. The molecule has 0 aliphatic heterocycles. The minimum absolute atomic E-state index is 0.260. The van der Waals surface area contributed by atoms with Gasteiger partial charge in [0.25, 0.3) is 11.8 Å². The van der Waals surface area contributed by atoms with E-state index in [1.165, 1.54) is 0 Å². The molecule has 3 rings (SSSR count). The maximum Gasteiger partial charge on any atom is 0.275 e. The molecule has 3 aromatic rings. The van der Waals surface area contributed by atoms with Gasteiger partial charge in [0.2, 0.25) is 0 Å². The summed E-state index contributed by atoms with van der Waals surface area (Å²) in [7, 11) is 0. The lowest BCUT2D eigenvalue weighted by Gasteiger charge is -2.10. The van der Waals surface area contributed by atoms with E-state index >= 15 is 0 Å². The second-order valence-electron chi connectivity index (χ2n) is 5.68. The molecule has 0 saturated heterocycles. The largest absolute Gasteiger partial charge is 0.321 e. The minimum Gasteiger partial charge on any atom is -0.321 e. The van der Waals surface area contributed by atoms with Crippen molar-refractivity contribution in [3.8, 4) is 0 Å². The number of benzene rings is 1. The Labute approximate surface area is 164 Å². The maximum atomic E-state index is 12.6. The number of carbonyl (C=O) groups is 2. The molecule has 0 saturated carbocycles. The Kier molecular flexibility index (Phi) is 5.70. The van der Waals surface area contributed by atoms with Gasteiger partial charge in [0.05, 0.1) is 10.7 Å². The molecule has 2 amide bonds. The third kappa shape index (κ3) is 4.08. The van der Waals surface area contributed by atoms with Crippen molar-refractivity contribution in [3.63, 3.8) is 0 Å². The average Bonchev–Trinajstić information content (AvgIpc) is 3.27. The Morgan fingerprint density at radius 2 is 1.67 bits per heavy atom. The van der Waals surface area contributed by atoms with Gasteiger partial charge in [-0.1, -0.05) is 6.07 Å². The summed E-state index contributed by atoms with van der Waals surface area (Å²) >= 11 is 3.35. The SMILES string of the molecule is CCn1nccc1C(=O)Nc1cccc(NC(=O)c2c(Br)cnn2CC)c1. The monoisotopic (exact) mass is 430 g/mol. The van der Waals surface area contributed by atoms with Crippen LogP contribution in [0.3, 0.4) is 0 Å². The van der Waals surface area contributed by atoms with Crippen LogP contribution in [-0.4, -0.2) is 31.4 Å². The Hall–Kier alpha value is -2.94. The summed E-state index contributed by atoms with van der Waals surface area (Å²) in [4.78, 5) is 25.0. The molecule has 0 radical (unpaired) electrons. The fraction of sp³-hybridized carbons (Fsp3) is 0.222. The Balaban J connectivity index is 1.75. The molecule has 8 nitrogen and oxygen atoms in total.